The van der Waals surface area contributed by atoms with Gasteiger partial charge in [0.25, 0.3) is 0 Å². The predicted molar refractivity (Wildman–Crippen MR) is 77.7 cm³/mol. The summed E-state index contributed by atoms with van der Waals surface area (Å²) in [6.07, 6.45) is 2.25. The molecule has 0 spiro atoms. The monoisotopic (exact) mass is 313 g/mol. The number of sulfonamides is 1. The maximum Gasteiger partial charge on any atom is 0.217 e. The Morgan fingerprint density at radius 2 is 1.90 bits per heavy atom. The molecule has 1 saturated heterocycles. The van der Waals surface area contributed by atoms with Crippen LogP contribution in [0.4, 0.5) is 4.39 Å². The van der Waals surface area contributed by atoms with E-state index in [1.54, 1.807) is 19.1 Å². The minimum absolute atomic E-state index is 0.261. The molecule has 1 aliphatic heterocycles. The van der Waals surface area contributed by atoms with Gasteiger partial charge in [-0.1, -0.05) is 12.1 Å². The van der Waals surface area contributed by atoms with Gasteiger partial charge in [0.2, 0.25) is 10.0 Å². The molecule has 1 heterocycles. The van der Waals surface area contributed by atoms with Gasteiger partial charge in [0.15, 0.2) is 0 Å². The zero-order valence-corrected chi connectivity index (χ0v) is 12.8. The second-order valence-electron chi connectivity index (χ2n) is 5.93. The smallest absolute Gasteiger partial charge is 0.217 e. The molecule has 1 aromatic rings. The Hall–Kier alpha value is -0.980. The minimum atomic E-state index is -3.44. The highest BCUT2D eigenvalue weighted by Gasteiger charge is 2.41. The molecule has 3 atom stereocenters. The van der Waals surface area contributed by atoms with E-state index in [9.17, 15) is 12.8 Å². The first-order valence-corrected chi connectivity index (χ1v) is 8.90. The van der Waals surface area contributed by atoms with Crippen molar-refractivity contribution in [1.82, 2.24) is 4.72 Å². The van der Waals surface area contributed by atoms with Gasteiger partial charge in [-0.3, -0.25) is 0 Å². The van der Waals surface area contributed by atoms with Crippen LogP contribution in [-0.4, -0.2) is 26.4 Å². The van der Waals surface area contributed by atoms with Crippen LogP contribution in [0.5, 0.6) is 0 Å². The number of rotatable bonds is 5. The molecule has 116 valence electrons. The van der Waals surface area contributed by atoms with E-state index in [1.165, 1.54) is 12.1 Å². The Morgan fingerprint density at radius 3 is 2.43 bits per heavy atom. The SMILES string of the molecule is CC1OCCC1S(=O)(=O)NC(c1ccc(F)cc1)C1CC1. The van der Waals surface area contributed by atoms with E-state index in [0.717, 1.165) is 18.4 Å². The lowest BCUT2D eigenvalue weighted by molar-refractivity contribution is 0.126. The number of halogens is 1. The molecule has 1 saturated carbocycles. The van der Waals surface area contributed by atoms with Crippen LogP contribution in [0.25, 0.3) is 0 Å². The van der Waals surface area contributed by atoms with Gasteiger partial charge in [0, 0.05) is 12.6 Å². The topological polar surface area (TPSA) is 55.4 Å². The van der Waals surface area contributed by atoms with Gasteiger partial charge < -0.3 is 4.74 Å². The van der Waals surface area contributed by atoms with Crippen molar-refractivity contribution in [2.75, 3.05) is 6.61 Å². The second-order valence-corrected chi connectivity index (χ2v) is 7.86. The molecule has 1 aliphatic carbocycles. The first-order chi connectivity index (χ1) is 9.97. The molecule has 4 nitrogen and oxygen atoms in total. The third-order valence-corrected chi connectivity index (χ3v) is 6.32. The van der Waals surface area contributed by atoms with E-state index < -0.39 is 15.3 Å². The molecule has 0 radical (unpaired) electrons. The van der Waals surface area contributed by atoms with Crippen molar-refractivity contribution in [3.05, 3.63) is 35.6 Å². The number of hydrogen-bond donors (Lipinski definition) is 1. The summed E-state index contributed by atoms with van der Waals surface area (Å²) < 4.78 is 46.4. The molecular weight excluding hydrogens is 293 g/mol. The molecule has 3 rings (SSSR count). The van der Waals surface area contributed by atoms with Gasteiger partial charge in [-0.15, -0.1) is 0 Å². The van der Waals surface area contributed by atoms with Crippen LogP contribution in [0.15, 0.2) is 24.3 Å². The van der Waals surface area contributed by atoms with E-state index in [0.29, 0.717) is 18.9 Å². The van der Waals surface area contributed by atoms with Crippen LogP contribution in [-0.2, 0) is 14.8 Å². The summed E-state index contributed by atoms with van der Waals surface area (Å²) >= 11 is 0. The molecule has 6 heteroatoms. The molecule has 21 heavy (non-hydrogen) atoms. The molecule has 2 aliphatic rings. The van der Waals surface area contributed by atoms with Crippen LogP contribution >= 0.6 is 0 Å². The van der Waals surface area contributed by atoms with E-state index >= 15 is 0 Å². The highest BCUT2D eigenvalue weighted by molar-refractivity contribution is 7.90. The van der Waals surface area contributed by atoms with Crippen LogP contribution in [0.1, 0.15) is 37.8 Å². The maximum absolute atomic E-state index is 13.0. The molecule has 3 unspecified atom stereocenters. The van der Waals surface area contributed by atoms with Gasteiger partial charge >= 0.3 is 0 Å². The second kappa shape index (κ2) is 5.66. The van der Waals surface area contributed by atoms with E-state index in [1.807, 2.05) is 0 Å². The zero-order chi connectivity index (χ0) is 15.0. The number of ether oxygens (including phenoxy) is 1. The third kappa shape index (κ3) is 3.27. The Bertz CT molecular complexity index is 598. The van der Waals surface area contributed by atoms with E-state index in [-0.39, 0.29) is 18.0 Å². The zero-order valence-electron chi connectivity index (χ0n) is 12.0. The summed E-state index contributed by atoms with van der Waals surface area (Å²) in [5.41, 5.74) is 0.828. The fourth-order valence-electron chi connectivity index (χ4n) is 2.92. The Labute approximate surface area is 124 Å². The molecular formula is C15H20FNO3S. The highest BCUT2D eigenvalue weighted by atomic mass is 32.2. The normalized spacial score (nSPS) is 27.7. The largest absolute Gasteiger partial charge is 0.377 e. The molecule has 1 N–H and O–H groups in total. The summed E-state index contributed by atoms with van der Waals surface area (Å²) in [4.78, 5) is 0. The van der Waals surface area contributed by atoms with Gasteiger partial charge in [-0.05, 0) is 49.8 Å². The Morgan fingerprint density at radius 1 is 1.24 bits per heavy atom. The van der Waals surface area contributed by atoms with Crippen molar-refractivity contribution in [3.8, 4) is 0 Å². The maximum atomic E-state index is 13.0. The lowest BCUT2D eigenvalue weighted by Crippen LogP contribution is -2.40. The number of benzene rings is 1. The Kier molecular flexibility index (Phi) is 4.03. The van der Waals surface area contributed by atoms with Crippen LogP contribution in [0, 0.1) is 11.7 Å². The summed E-state index contributed by atoms with van der Waals surface area (Å²) in [5, 5.41) is -0.501. The lowest BCUT2D eigenvalue weighted by Gasteiger charge is -2.23. The minimum Gasteiger partial charge on any atom is -0.377 e. The van der Waals surface area contributed by atoms with Crippen LogP contribution < -0.4 is 4.72 Å². The molecule has 0 bridgehead atoms. The van der Waals surface area contributed by atoms with E-state index in [2.05, 4.69) is 4.72 Å². The number of nitrogens with one attached hydrogen (secondary N) is 1. The van der Waals surface area contributed by atoms with Gasteiger partial charge in [-0.25, -0.2) is 17.5 Å². The van der Waals surface area contributed by atoms with Crippen LogP contribution in [0.2, 0.25) is 0 Å². The highest BCUT2D eigenvalue weighted by Crippen LogP contribution is 2.42. The van der Waals surface area contributed by atoms with Crippen molar-refractivity contribution in [3.63, 3.8) is 0 Å². The van der Waals surface area contributed by atoms with Crippen LogP contribution in [0.3, 0.4) is 0 Å². The van der Waals surface area contributed by atoms with Crippen molar-refractivity contribution >= 4 is 10.0 Å². The summed E-state index contributed by atoms with van der Waals surface area (Å²) in [5.74, 6) is -0.00293. The first-order valence-electron chi connectivity index (χ1n) is 7.35. The van der Waals surface area contributed by atoms with Crippen molar-refractivity contribution in [2.45, 2.75) is 43.6 Å². The predicted octanol–water partition coefficient (Wildman–Crippen LogP) is 2.37. The molecule has 2 fully saturated rings. The molecule has 0 aromatic heterocycles. The van der Waals surface area contributed by atoms with Crippen molar-refractivity contribution in [1.29, 1.82) is 0 Å². The quantitative estimate of drug-likeness (QED) is 0.908. The van der Waals surface area contributed by atoms with E-state index in [4.69, 9.17) is 4.74 Å². The third-order valence-electron chi connectivity index (χ3n) is 4.32. The van der Waals surface area contributed by atoms with Gasteiger partial charge in [0.05, 0.1) is 6.10 Å². The summed E-state index contributed by atoms with van der Waals surface area (Å²) in [7, 11) is -3.44. The Balaban J connectivity index is 1.80. The van der Waals surface area contributed by atoms with Gasteiger partial charge in [-0.2, -0.15) is 0 Å². The molecule has 0 amide bonds. The summed E-state index contributed by atoms with van der Waals surface area (Å²) in [6, 6.07) is 5.81. The fraction of sp³-hybridized carbons (Fsp3) is 0.600. The average molecular weight is 313 g/mol. The summed E-state index contributed by atoms with van der Waals surface area (Å²) in [6.45, 7) is 2.28. The number of hydrogen-bond acceptors (Lipinski definition) is 3. The average Bonchev–Trinajstić information content (AvgIpc) is 3.18. The van der Waals surface area contributed by atoms with Crippen molar-refractivity contribution < 1.29 is 17.5 Å². The standard InChI is InChI=1S/C15H20FNO3S/c1-10-14(8-9-20-10)21(18,19)17-15(11-2-3-11)12-4-6-13(16)7-5-12/h4-7,10-11,14-15,17H,2-3,8-9H2,1H3. The van der Waals surface area contributed by atoms with Crippen molar-refractivity contribution in [2.24, 2.45) is 5.92 Å². The lowest BCUT2D eigenvalue weighted by atomic mass is 10.0. The fourth-order valence-corrected chi connectivity index (χ4v) is 4.77. The first kappa shape index (κ1) is 14.9. The molecule has 1 aromatic carbocycles. The van der Waals surface area contributed by atoms with Gasteiger partial charge in [0.1, 0.15) is 11.1 Å².